The molecule has 0 aliphatic heterocycles. The van der Waals surface area contributed by atoms with Gasteiger partial charge in [0.25, 0.3) is 5.69 Å². The van der Waals surface area contributed by atoms with Crippen molar-refractivity contribution in [2.45, 2.75) is 9.79 Å². The van der Waals surface area contributed by atoms with Gasteiger partial charge in [0.2, 0.25) is 0 Å². The summed E-state index contributed by atoms with van der Waals surface area (Å²) in [5, 5.41) is 13.2. The lowest BCUT2D eigenvalue weighted by atomic mass is 10.2. The van der Waals surface area contributed by atoms with Crippen molar-refractivity contribution in [2.75, 3.05) is 0 Å². The van der Waals surface area contributed by atoms with Gasteiger partial charge in [0, 0.05) is 39.7 Å². The van der Waals surface area contributed by atoms with Gasteiger partial charge in [-0.15, -0.1) is 0 Å². The molecule has 0 fully saturated rings. The monoisotopic (exact) mass is 316 g/mol. The van der Waals surface area contributed by atoms with Crippen LogP contribution in [0.3, 0.4) is 0 Å². The lowest BCUT2D eigenvalue weighted by Crippen LogP contribution is -1.88. The van der Waals surface area contributed by atoms with Crippen LogP contribution in [-0.4, -0.2) is 9.91 Å². The molecular formula is C15H9ClN2O2S. The van der Waals surface area contributed by atoms with Gasteiger partial charge < -0.3 is 0 Å². The summed E-state index contributed by atoms with van der Waals surface area (Å²) in [5.41, 5.74) is -0.00790. The second-order valence-corrected chi connectivity index (χ2v) is 5.82. The fourth-order valence-corrected chi connectivity index (χ4v) is 3.25. The molecule has 0 spiro atoms. The molecule has 1 aromatic heterocycles. The lowest BCUT2D eigenvalue weighted by molar-refractivity contribution is -0.384. The SMILES string of the molecule is O=[N+]([O-])c1ccc(Sc2cccc3cnccc23)c(Cl)c1. The summed E-state index contributed by atoms with van der Waals surface area (Å²) in [7, 11) is 0. The largest absolute Gasteiger partial charge is 0.270 e. The van der Waals surface area contributed by atoms with Crippen LogP contribution >= 0.6 is 23.4 Å². The second kappa shape index (κ2) is 5.71. The first-order valence-electron chi connectivity index (χ1n) is 6.10. The number of non-ortho nitro benzene ring substituents is 1. The van der Waals surface area contributed by atoms with E-state index in [0.29, 0.717) is 5.02 Å². The van der Waals surface area contributed by atoms with Gasteiger partial charge in [-0.25, -0.2) is 0 Å². The molecule has 104 valence electrons. The van der Waals surface area contributed by atoms with Crippen molar-refractivity contribution >= 4 is 39.8 Å². The van der Waals surface area contributed by atoms with Crippen molar-refractivity contribution in [3.05, 3.63) is 70.0 Å². The van der Waals surface area contributed by atoms with Gasteiger partial charge in [-0.3, -0.25) is 15.1 Å². The van der Waals surface area contributed by atoms with E-state index >= 15 is 0 Å². The number of pyridine rings is 1. The Hall–Kier alpha value is -2.11. The van der Waals surface area contributed by atoms with E-state index in [1.807, 2.05) is 24.3 Å². The Bertz CT molecular complexity index is 834. The van der Waals surface area contributed by atoms with E-state index in [-0.39, 0.29) is 5.69 Å². The summed E-state index contributed by atoms with van der Waals surface area (Å²) in [6.45, 7) is 0. The first kappa shape index (κ1) is 13.9. The minimum Gasteiger partial charge on any atom is -0.264 e. The summed E-state index contributed by atoms with van der Waals surface area (Å²) in [5.74, 6) is 0. The molecule has 0 bridgehead atoms. The lowest BCUT2D eigenvalue weighted by Gasteiger charge is -2.07. The molecule has 2 aromatic carbocycles. The summed E-state index contributed by atoms with van der Waals surface area (Å²) >= 11 is 7.62. The minimum atomic E-state index is -0.454. The second-order valence-electron chi connectivity index (χ2n) is 4.33. The predicted octanol–water partition coefficient (Wildman–Crippen LogP) is 4.95. The van der Waals surface area contributed by atoms with Crippen LogP contribution in [0.4, 0.5) is 5.69 Å². The maximum absolute atomic E-state index is 10.7. The average Bonchev–Trinajstić information content (AvgIpc) is 2.49. The van der Waals surface area contributed by atoms with Gasteiger partial charge >= 0.3 is 0 Å². The number of nitrogens with zero attached hydrogens (tertiary/aromatic N) is 2. The highest BCUT2D eigenvalue weighted by atomic mass is 35.5. The van der Waals surface area contributed by atoms with Gasteiger partial charge in [-0.1, -0.05) is 35.5 Å². The van der Waals surface area contributed by atoms with Gasteiger partial charge in [-0.2, -0.15) is 0 Å². The van der Waals surface area contributed by atoms with Crippen LogP contribution in [0, 0.1) is 10.1 Å². The third kappa shape index (κ3) is 2.84. The number of benzene rings is 2. The molecule has 3 aromatic rings. The van der Waals surface area contributed by atoms with Crippen LogP contribution in [0.25, 0.3) is 10.8 Å². The van der Waals surface area contributed by atoms with Crippen LogP contribution < -0.4 is 0 Å². The molecule has 0 aliphatic rings. The highest BCUT2D eigenvalue weighted by Gasteiger charge is 2.11. The fraction of sp³-hybridized carbons (Fsp3) is 0. The van der Waals surface area contributed by atoms with Crippen LogP contribution in [0.1, 0.15) is 0 Å². The van der Waals surface area contributed by atoms with Gasteiger partial charge in [0.15, 0.2) is 0 Å². The van der Waals surface area contributed by atoms with Crippen molar-refractivity contribution in [1.82, 2.24) is 4.98 Å². The van der Waals surface area contributed by atoms with E-state index in [1.54, 1.807) is 18.5 Å². The van der Waals surface area contributed by atoms with E-state index in [0.717, 1.165) is 20.6 Å². The van der Waals surface area contributed by atoms with Crippen molar-refractivity contribution < 1.29 is 4.92 Å². The van der Waals surface area contributed by atoms with E-state index in [4.69, 9.17) is 11.6 Å². The molecule has 0 unspecified atom stereocenters. The normalized spacial score (nSPS) is 10.7. The molecule has 4 nitrogen and oxygen atoms in total. The molecule has 0 amide bonds. The standard InChI is InChI=1S/C15H9ClN2O2S/c16-13-8-11(18(19)20)4-5-15(13)21-14-3-1-2-10-9-17-7-6-12(10)14/h1-9H. The Morgan fingerprint density at radius 2 is 2.00 bits per heavy atom. The summed E-state index contributed by atoms with van der Waals surface area (Å²) in [4.78, 5) is 16.2. The molecular weight excluding hydrogens is 308 g/mol. The molecule has 0 N–H and O–H groups in total. The Balaban J connectivity index is 2.01. The molecule has 0 radical (unpaired) electrons. The van der Waals surface area contributed by atoms with E-state index in [2.05, 4.69) is 4.98 Å². The van der Waals surface area contributed by atoms with Crippen LogP contribution in [0.15, 0.2) is 64.6 Å². The molecule has 0 saturated heterocycles. The first-order chi connectivity index (χ1) is 10.1. The third-order valence-electron chi connectivity index (χ3n) is 2.99. The van der Waals surface area contributed by atoms with E-state index in [9.17, 15) is 10.1 Å². The molecule has 0 saturated carbocycles. The van der Waals surface area contributed by atoms with Crippen molar-refractivity contribution in [3.8, 4) is 0 Å². The zero-order valence-electron chi connectivity index (χ0n) is 10.7. The molecule has 0 atom stereocenters. The number of hydrogen-bond acceptors (Lipinski definition) is 4. The number of aromatic nitrogens is 1. The Labute approximate surface area is 129 Å². The molecule has 1 heterocycles. The van der Waals surface area contributed by atoms with Crippen molar-refractivity contribution in [2.24, 2.45) is 0 Å². The highest BCUT2D eigenvalue weighted by molar-refractivity contribution is 7.99. The number of nitro groups is 1. The molecule has 3 rings (SSSR count). The van der Waals surface area contributed by atoms with Crippen molar-refractivity contribution in [1.29, 1.82) is 0 Å². The van der Waals surface area contributed by atoms with Crippen LogP contribution in [0.2, 0.25) is 5.02 Å². The number of nitro benzene ring substituents is 1. The number of fused-ring (bicyclic) bond motifs is 1. The number of hydrogen-bond donors (Lipinski definition) is 0. The number of rotatable bonds is 3. The zero-order chi connectivity index (χ0) is 14.8. The van der Waals surface area contributed by atoms with Gasteiger partial charge in [0.1, 0.15) is 0 Å². The Morgan fingerprint density at radius 3 is 2.76 bits per heavy atom. The molecule has 6 heteroatoms. The summed E-state index contributed by atoms with van der Waals surface area (Å²) < 4.78 is 0. The first-order valence-corrected chi connectivity index (χ1v) is 7.29. The van der Waals surface area contributed by atoms with E-state index in [1.165, 1.54) is 23.9 Å². The fourth-order valence-electron chi connectivity index (χ4n) is 1.99. The third-order valence-corrected chi connectivity index (χ3v) is 4.56. The highest BCUT2D eigenvalue weighted by Crippen LogP contribution is 2.38. The zero-order valence-corrected chi connectivity index (χ0v) is 12.3. The van der Waals surface area contributed by atoms with Crippen LogP contribution in [0.5, 0.6) is 0 Å². The smallest absolute Gasteiger partial charge is 0.264 e. The molecule has 0 aliphatic carbocycles. The average molecular weight is 317 g/mol. The maximum atomic E-state index is 10.7. The van der Waals surface area contributed by atoms with Gasteiger partial charge in [-0.05, 0) is 23.6 Å². The Morgan fingerprint density at radius 1 is 1.14 bits per heavy atom. The maximum Gasteiger partial charge on any atom is 0.270 e. The minimum absolute atomic E-state index is 0.00790. The predicted molar refractivity (Wildman–Crippen MR) is 84.0 cm³/mol. The topological polar surface area (TPSA) is 56.0 Å². The summed E-state index contributed by atoms with van der Waals surface area (Å²) in [6, 6.07) is 12.4. The molecule has 21 heavy (non-hydrogen) atoms. The van der Waals surface area contributed by atoms with Crippen molar-refractivity contribution in [3.63, 3.8) is 0 Å². The van der Waals surface area contributed by atoms with Crippen LogP contribution in [-0.2, 0) is 0 Å². The summed E-state index contributed by atoms with van der Waals surface area (Å²) in [6.07, 6.45) is 3.54. The number of halogens is 1. The van der Waals surface area contributed by atoms with E-state index < -0.39 is 4.92 Å². The quantitative estimate of drug-likeness (QED) is 0.507. The van der Waals surface area contributed by atoms with Gasteiger partial charge in [0.05, 0.1) is 9.95 Å². The Kier molecular flexibility index (Phi) is 3.77.